The highest BCUT2D eigenvalue weighted by atomic mass is 32.2. The highest BCUT2D eigenvalue weighted by molar-refractivity contribution is 8.26. The Balaban J connectivity index is 1.59. The number of nitrogens with zero attached hydrogens (tertiary/aromatic N) is 1. The van der Waals surface area contributed by atoms with Gasteiger partial charge in [0.25, 0.3) is 17.7 Å². The van der Waals surface area contributed by atoms with Gasteiger partial charge in [-0.05, 0) is 30.7 Å². The Bertz CT molecular complexity index is 1020. The molecule has 3 N–H and O–H groups in total. The van der Waals surface area contributed by atoms with Crippen LogP contribution in [0.2, 0.25) is 0 Å². The zero-order chi connectivity index (χ0) is 21.0. The molecule has 3 amide bonds. The number of phenolic OH excluding ortho intramolecular Hbond substituents is 1. The number of nitrogens with one attached hydrogen (secondary N) is 2. The maximum absolute atomic E-state index is 12.6. The molecule has 7 nitrogen and oxygen atoms in total. The molecular formula is C20H17N3O4S2. The molecule has 148 valence electrons. The van der Waals surface area contributed by atoms with Crippen LogP contribution >= 0.6 is 24.0 Å². The molecule has 0 radical (unpaired) electrons. The lowest BCUT2D eigenvalue weighted by molar-refractivity contribution is -0.129. The molecule has 1 heterocycles. The van der Waals surface area contributed by atoms with Crippen molar-refractivity contribution in [3.05, 3.63) is 70.1 Å². The van der Waals surface area contributed by atoms with Crippen LogP contribution < -0.4 is 10.9 Å². The van der Waals surface area contributed by atoms with Crippen LogP contribution in [0.25, 0.3) is 6.08 Å². The molecule has 9 heteroatoms. The van der Waals surface area contributed by atoms with Crippen LogP contribution in [-0.4, -0.2) is 38.6 Å². The van der Waals surface area contributed by atoms with E-state index in [1.54, 1.807) is 18.2 Å². The van der Waals surface area contributed by atoms with Crippen molar-refractivity contribution in [2.24, 2.45) is 0 Å². The first-order valence-electron chi connectivity index (χ1n) is 8.54. The van der Waals surface area contributed by atoms with Crippen molar-refractivity contribution >= 4 is 52.1 Å². The molecule has 0 spiro atoms. The summed E-state index contributed by atoms with van der Waals surface area (Å²) in [6, 6.07) is 13.6. The number of aryl methyl sites for hydroxylation is 1. The minimum atomic E-state index is -0.680. The van der Waals surface area contributed by atoms with E-state index in [1.165, 1.54) is 17.0 Å². The average molecular weight is 428 g/mol. The normalized spacial score (nSPS) is 14.9. The van der Waals surface area contributed by atoms with Crippen molar-refractivity contribution in [2.75, 3.05) is 6.54 Å². The number of hydrogen-bond donors (Lipinski definition) is 3. The third-order valence-electron chi connectivity index (χ3n) is 4.01. The van der Waals surface area contributed by atoms with Gasteiger partial charge in [-0.15, -0.1) is 0 Å². The Morgan fingerprint density at radius 1 is 1.14 bits per heavy atom. The van der Waals surface area contributed by atoms with Crippen LogP contribution in [-0.2, 0) is 9.59 Å². The number of benzene rings is 2. The van der Waals surface area contributed by atoms with E-state index in [1.807, 2.05) is 31.2 Å². The maximum atomic E-state index is 12.6. The summed E-state index contributed by atoms with van der Waals surface area (Å²) in [6.07, 6.45) is 1.72. The van der Waals surface area contributed by atoms with E-state index in [9.17, 15) is 19.5 Å². The van der Waals surface area contributed by atoms with Crippen LogP contribution in [0.1, 0.15) is 21.5 Å². The van der Waals surface area contributed by atoms with Gasteiger partial charge in [0, 0.05) is 0 Å². The Labute approximate surface area is 176 Å². The second-order valence-electron chi connectivity index (χ2n) is 6.20. The highest BCUT2D eigenvalue weighted by Gasteiger charge is 2.33. The van der Waals surface area contributed by atoms with E-state index in [2.05, 4.69) is 10.9 Å². The number of thioether (sulfide) groups is 1. The zero-order valence-electron chi connectivity index (χ0n) is 15.3. The van der Waals surface area contributed by atoms with Crippen LogP contribution in [0.5, 0.6) is 5.75 Å². The Hall–Kier alpha value is -3.17. The summed E-state index contributed by atoms with van der Waals surface area (Å²) in [5.41, 5.74) is 6.39. The molecule has 1 fully saturated rings. The largest absolute Gasteiger partial charge is 0.507 e. The molecule has 0 aromatic heterocycles. The number of carbonyl (C=O) groups excluding carboxylic acids is 3. The van der Waals surface area contributed by atoms with Crippen molar-refractivity contribution in [3.8, 4) is 5.75 Å². The van der Waals surface area contributed by atoms with E-state index in [-0.39, 0.29) is 28.1 Å². The summed E-state index contributed by atoms with van der Waals surface area (Å²) >= 11 is 6.32. The van der Waals surface area contributed by atoms with E-state index < -0.39 is 11.8 Å². The molecule has 0 atom stereocenters. The summed E-state index contributed by atoms with van der Waals surface area (Å²) < 4.78 is 0.260. The number of hydrazine groups is 1. The Morgan fingerprint density at radius 2 is 1.83 bits per heavy atom. The van der Waals surface area contributed by atoms with Gasteiger partial charge >= 0.3 is 0 Å². The first-order chi connectivity index (χ1) is 13.8. The second kappa shape index (κ2) is 8.89. The number of amides is 3. The van der Waals surface area contributed by atoms with Gasteiger partial charge in [-0.3, -0.25) is 30.1 Å². The molecule has 1 aliphatic heterocycles. The van der Waals surface area contributed by atoms with Crippen LogP contribution in [0.4, 0.5) is 0 Å². The van der Waals surface area contributed by atoms with Gasteiger partial charge in [0.1, 0.15) is 16.6 Å². The predicted molar refractivity (Wildman–Crippen MR) is 115 cm³/mol. The molecular weight excluding hydrogens is 410 g/mol. The lowest BCUT2D eigenvalue weighted by Crippen LogP contribution is -2.47. The minimum Gasteiger partial charge on any atom is -0.507 e. The summed E-state index contributed by atoms with van der Waals surface area (Å²) in [6.45, 7) is 1.64. The summed E-state index contributed by atoms with van der Waals surface area (Å²) in [5, 5.41) is 9.66. The predicted octanol–water partition coefficient (Wildman–Crippen LogP) is 2.36. The Kier molecular flexibility index (Phi) is 6.30. The van der Waals surface area contributed by atoms with Crippen molar-refractivity contribution < 1.29 is 19.5 Å². The average Bonchev–Trinajstić information content (AvgIpc) is 2.95. The SMILES string of the molecule is Cc1ccc(/C=C2/SC(=S)N(CC(=O)NNC(=O)c3ccccc3O)C2=O)cc1. The number of hydrogen-bond acceptors (Lipinski definition) is 6. The third kappa shape index (κ3) is 5.01. The quantitative estimate of drug-likeness (QED) is 0.394. The standard InChI is InChI=1S/C20H17N3O4S2/c1-12-6-8-13(9-7-12)10-16-19(27)23(20(28)29-16)11-17(25)21-22-18(26)14-4-2-3-5-15(14)24/h2-10,24H,11H2,1H3,(H,21,25)(H,22,26)/b16-10+. The fourth-order valence-corrected chi connectivity index (χ4v) is 3.75. The number of thiocarbonyl (C=S) groups is 1. The van der Waals surface area contributed by atoms with Gasteiger partial charge in [0.15, 0.2) is 0 Å². The van der Waals surface area contributed by atoms with Gasteiger partial charge in [-0.2, -0.15) is 0 Å². The van der Waals surface area contributed by atoms with Gasteiger partial charge in [0.2, 0.25) is 0 Å². The monoisotopic (exact) mass is 427 g/mol. The molecule has 0 saturated carbocycles. The van der Waals surface area contributed by atoms with Crippen LogP contribution in [0.15, 0.2) is 53.4 Å². The highest BCUT2D eigenvalue weighted by Crippen LogP contribution is 2.32. The van der Waals surface area contributed by atoms with Gasteiger partial charge in [-0.1, -0.05) is 65.9 Å². The molecule has 3 rings (SSSR count). The number of aromatic hydroxyl groups is 1. The van der Waals surface area contributed by atoms with E-state index in [4.69, 9.17) is 12.2 Å². The lowest BCUT2D eigenvalue weighted by Gasteiger charge is -2.14. The fourth-order valence-electron chi connectivity index (χ4n) is 2.49. The van der Waals surface area contributed by atoms with Crippen LogP contribution in [0.3, 0.4) is 0 Å². The maximum Gasteiger partial charge on any atom is 0.273 e. The smallest absolute Gasteiger partial charge is 0.273 e. The van der Waals surface area contributed by atoms with Crippen molar-refractivity contribution in [1.29, 1.82) is 0 Å². The minimum absolute atomic E-state index is 0.0134. The summed E-state index contributed by atoms with van der Waals surface area (Å²) in [4.78, 5) is 38.3. The van der Waals surface area contributed by atoms with E-state index in [0.29, 0.717) is 4.91 Å². The van der Waals surface area contributed by atoms with Crippen LogP contribution in [0, 0.1) is 6.92 Å². The van der Waals surface area contributed by atoms with E-state index >= 15 is 0 Å². The molecule has 2 aromatic carbocycles. The summed E-state index contributed by atoms with van der Waals surface area (Å²) in [5.74, 6) is -1.89. The molecule has 1 saturated heterocycles. The fraction of sp³-hybridized carbons (Fsp3) is 0.100. The van der Waals surface area contributed by atoms with Gasteiger partial charge in [0.05, 0.1) is 10.5 Å². The second-order valence-corrected chi connectivity index (χ2v) is 7.87. The van der Waals surface area contributed by atoms with E-state index in [0.717, 1.165) is 22.9 Å². The van der Waals surface area contributed by atoms with Gasteiger partial charge < -0.3 is 5.11 Å². The molecule has 0 unspecified atom stereocenters. The number of phenols is 1. The van der Waals surface area contributed by atoms with Crippen molar-refractivity contribution in [1.82, 2.24) is 15.8 Å². The molecule has 0 bridgehead atoms. The number of rotatable bonds is 4. The molecule has 2 aromatic rings. The first-order valence-corrected chi connectivity index (χ1v) is 9.77. The first kappa shape index (κ1) is 20.6. The van der Waals surface area contributed by atoms with Crippen molar-refractivity contribution in [3.63, 3.8) is 0 Å². The zero-order valence-corrected chi connectivity index (χ0v) is 17.0. The van der Waals surface area contributed by atoms with Gasteiger partial charge in [-0.25, -0.2) is 0 Å². The molecule has 29 heavy (non-hydrogen) atoms. The third-order valence-corrected chi connectivity index (χ3v) is 5.39. The number of carbonyl (C=O) groups is 3. The van der Waals surface area contributed by atoms with Crippen molar-refractivity contribution in [2.45, 2.75) is 6.92 Å². The molecule has 0 aliphatic carbocycles. The topological polar surface area (TPSA) is 98.7 Å². The number of para-hydroxylation sites is 1. The summed E-state index contributed by atoms with van der Waals surface area (Å²) in [7, 11) is 0. The lowest BCUT2D eigenvalue weighted by atomic mass is 10.1. The molecule has 1 aliphatic rings. The Morgan fingerprint density at radius 3 is 2.52 bits per heavy atom.